The van der Waals surface area contributed by atoms with Crippen LogP contribution in [0.5, 0.6) is 5.75 Å². The third kappa shape index (κ3) is 6.14. The number of amides is 1. The fourth-order valence-electron chi connectivity index (χ4n) is 4.11. The number of alkyl halides is 3. The first kappa shape index (κ1) is 26.3. The number of hydrogen-bond acceptors (Lipinski definition) is 4. The number of benzene rings is 2. The standard InChI is InChI=1S/C25H25Cl2F3N4O2/c1-16-22(17-5-8-19(9-6-17)36-14-11-25(28,29)30)31-32-23(16)24(35)34(33-12-3-2-4-13-33)21-10-7-18(26)15-20(21)27/h5-10,15H,2-4,11-14H2,1H3,(H,31,32). The predicted octanol–water partition coefficient (Wildman–Crippen LogP) is 7.07. The van der Waals surface area contributed by atoms with Gasteiger partial charge in [0, 0.05) is 29.2 Å². The third-order valence-electron chi connectivity index (χ3n) is 5.95. The lowest BCUT2D eigenvalue weighted by atomic mass is 10.1. The number of hydrazine groups is 1. The Morgan fingerprint density at radius 1 is 1.11 bits per heavy atom. The first-order valence-electron chi connectivity index (χ1n) is 11.5. The van der Waals surface area contributed by atoms with Gasteiger partial charge in [0.25, 0.3) is 5.91 Å². The van der Waals surface area contributed by atoms with Gasteiger partial charge in [0.05, 0.1) is 29.4 Å². The number of hydrogen-bond donors (Lipinski definition) is 1. The van der Waals surface area contributed by atoms with E-state index in [0.29, 0.717) is 57.1 Å². The quantitative estimate of drug-likeness (QED) is 0.348. The number of rotatable bonds is 7. The van der Waals surface area contributed by atoms with Crippen LogP contribution in [-0.2, 0) is 0 Å². The minimum absolute atomic E-state index is 0.301. The number of anilines is 1. The molecular weight excluding hydrogens is 516 g/mol. The van der Waals surface area contributed by atoms with E-state index in [1.807, 2.05) is 5.01 Å². The van der Waals surface area contributed by atoms with Crippen LogP contribution in [0.15, 0.2) is 42.5 Å². The van der Waals surface area contributed by atoms with Gasteiger partial charge in [-0.1, -0.05) is 29.6 Å². The number of nitrogens with one attached hydrogen (secondary N) is 1. The molecule has 1 aliphatic rings. The summed E-state index contributed by atoms with van der Waals surface area (Å²) < 4.78 is 42.2. The van der Waals surface area contributed by atoms with E-state index in [1.165, 1.54) is 0 Å². The van der Waals surface area contributed by atoms with Crippen molar-refractivity contribution in [2.24, 2.45) is 0 Å². The smallest absolute Gasteiger partial charge is 0.392 e. The van der Waals surface area contributed by atoms with Crippen molar-refractivity contribution in [3.05, 3.63) is 63.8 Å². The van der Waals surface area contributed by atoms with Crippen molar-refractivity contribution in [3.63, 3.8) is 0 Å². The summed E-state index contributed by atoms with van der Waals surface area (Å²) in [5, 5.41) is 11.6. The third-order valence-corrected chi connectivity index (χ3v) is 6.49. The molecule has 0 bridgehead atoms. The lowest BCUT2D eigenvalue weighted by Gasteiger charge is -2.37. The van der Waals surface area contributed by atoms with Crippen LogP contribution in [0.1, 0.15) is 41.7 Å². The van der Waals surface area contributed by atoms with Gasteiger partial charge >= 0.3 is 6.18 Å². The monoisotopic (exact) mass is 540 g/mol. The molecule has 1 fully saturated rings. The normalized spacial score (nSPS) is 14.6. The maximum atomic E-state index is 13.8. The molecule has 1 aliphatic heterocycles. The summed E-state index contributed by atoms with van der Waals surface area (Å²) in [6, 6.07) is 11.6. The van der Waals surface area contributed by atoms with E-state index in [9.17, 15) is 18.0 Å². The van der Waals surface area contributed by atoms with Crippen molar-refractivity contribution in [3.8, 4) is 17.0 Å². The molecule has 6 nitrogen and oxygen atoms in total. The molecule has 0 atom stereocenters. The lowest BCUT2D eigenvalue weighted by Crippen LogP contribution is -2.49. The van der Waals surface area contributed by atoms with Crippen molar-refractivity contribution in [2.75, 3.05) is 24.7 Å². The second kappa shape index (κ2) is 11.1. The zero-order chi connectivity index (χ0) is 25.9. The van der Waals surface area contributed by atoms with Gasteiger partial charge in [-0.05, 0) is 62.2 Å². The van der Waals surface area contributed by atoms with Crippen LogP contribution in [0.3, 0.4) is 0 Å². The Bertz CT molecular complexity index is 1210. The molecule has 36 heavy (non-hydrogen) atoms. The highest BCUT2D eigenvalue weighted by atomic mass is 35.5. The molecule has 0 unspecified atom stereocenters. The molecule has 1 saturated heterocycles. The molecular formula is C25H25Cl2F3N4O2. The lowest BCUT2D eigenvalue weighted by molar-refractivity contribution is -0.139. The second-order valence-electron chi connectivity index (χ2n) is 8.54. The summed E-state index contributed by atoms with van der Waals surface area (Å²) in [4.78, 5) is 13.8. The summed E-state index contributed by atoms with van der Waals surface area (Å²) in [6.07, 6.45) is -2.29. The Morgan fingerprint density at radius 2 is 1.81 bits per heavy atom. The van der Waals surface area contributed by atoms with E-state index in [4.69, 9.17) is 27.9 Å². The van der Waals surface area contributed by atoms with Crippen LogP contribution in [0.25, 0.3) is 11.3 Å². The molecule has 1 N–H and O–H groups in total. The molecule has 3 aromatic rings. The fraction of sp³-hybridized carbons (Fsp3) is 0.360. The molecule has 0 spiro atoms. The first-order chi connectivity index (χ1) is 17.1. The van der Waals surface area contributed by atoms with Gasteiger partial charge in [-0.15, -0.1) is 0 Å². The highest BCUT2D eigenvalue weighted by Gasteiger charge is 2.31. The molecule has 192 valence electrons. The van der Waals surface area contributed by atoms with Crippen LogP contribution in [0, 0.1) is 6.92 Å². The largest absolute Gasteiger partial charge is 0.493 e. The summed E-state index contributed by atoms with van der Waals surface area (Å²) in [6.45, 7) is 2.75. The molecule has 0 aliphatic carbocycles. The molecule has 1 amide bonds. The Balaban J connectivity index is 1.58. The van der Waals surface area contributed by atoms with Gasteiger partial charge < -0.3 is 4.74 Å². The number of halogens is 5. The minimum atomic E-state index is -4.27. The average Bonchev–Trinajstić information content (AvgIpc) is 3.22. The van der Waals surface area contributed by atoms with Gasteiger partial charge in [-0.2, -0.15) is 18.3 Å². The van der Waals surface area contributed by atoms with Crippen molar-refractivity contribution >= 4 is 34.8 Å². The van der Waals surface area contributed by atoms with Crippen molar-refractivity contribution in [2.45, 2.75) is 38.8 Å². The van der Waals surface area contributed by atoms with Gasteiger partial charge in [0.15, 0.2) is 0 Å². The van der Waals surface area contributed by atoms with E-state index in [-0.39, 0.29) is 5.91 Å². The molecule has 0 saturated carbocycles. The number of ether oxygens (including phenoxy) is 1. The molecule has 2 heterocycles. The van der Waals surface area contributed by atoms with E-state index in [0.717, 1.165) is 19.3 Å². The minimum Gasteiger partial charge on any atom is -0.493 e. The maximum absolute atomic E-state index is 13.8. The van der Waals surface area contributed by atoms with E-state index in [1.54, 1.807) is 54.4 Å². The fourth-order valence-corrected chi connectivity index (χ4v) is 4.60. The highest BCUT2D eigenvalue weighted by molar-refractivity contribution is 6.37. The Labute approximate surface area is 216 Å². The number of carbonyl (C=O) groups is 1. The predicted molar refractivity (Wildman–Crippen MR) is 134 cm³/mol. The van der Waals surface area contributed by atoms with Gasteiger partial charge in [0.2, 0.25) is 0 Å². The van der Waals surface area contributed by atoms with Crippen LogP contribution in [0.4, 0.5) is 18.9 Å². The summed E-state index contributed by atoms with van der Waals surface area (Å²) >= 11 is 12.6. The van der Waals surface area contributed by atoms with E-state index in [2.05, 4.69) is 10.2 Å². The van der Waals surface area contributed by atoms with Crippen molar-refractivity contribution in [1.82, 2.24) is 15.2 Å². The zero-order valence-corrected chi connectivity index (χ0v) is 21.1. The molecule has 2 aromatic carbocycles. The average molecular weight is 541 g/mol. The number of carbonyl (C=O) groups excluding carboxylic acids is 1. The van der Waals surface area contributed by atoms with Crippen molar-refractivity contribution in [1.29, 1.82) is 0 Å². The van der Waals surface area contributed by atoms with Gasteiger partial charge in [-0.3, -0.25) is 9.89 Å². The van der Waals surface area contributed by atoms with E-state index >= 15 is 0 Å². The summed E-state index contributed by atoms with van der Waals surface area (Å²) in [7, 11) is 0. The SMILES string of the molecule is Cc1c(-c2ccc(OCCC(F)(F)F)cc2)n[nH]c1C(=O)N(c1ccc(Cl)cc1Cl)N1CCCCC1. The van der Waals surface area contributed by atoms with Gasteiger partial charge in [0.1, 0.15) is 11.4 Å². The van der Waals surface area contributed by atoms with Gasteiger partial charge in [-0.25, -0.2) is 10.0 Å². The maximum Gasteiger partial charge on any atom is 0.392 e. The number of piperidine rings is 1. The zero-order valence-electron chi connectivity index (χ0n) is 19.5. The van der Waals surface area contributed by atoms with E-state index < -0.39 is 19.2 Å². The van der Waals surface area contributed by atoms with Crippen LogP contribution >= 0.6 is 23.2 Å². The number of H-pyrrole nitrogens is 1. The number of aromatic nitrogens is 2. The highest BCUT2D eigenvalue weighted by Crippen LogP contribution is 2.33. The summed E-state index contributed by atoms with van der Waals surface area (Å²) in [5.41, 5.74) is 2.73. The Kier molecular flexibility index (Phi) is 8.12. The Morgan fingerprint density at radius 3 is 2.44 bits per heavy atom. The van der Waals surface area contributed by atoms with Crippen LogP contribution in [0.2, 0.25) is 10.0 Å². The molecule has 1 aromatic heterocycles. The molecule has 0 radical (unpaired) electrons. The van der Waals surface area contributed by atoms with Crippen LogP contribution in [-0.4, -0.2) is 47.0 Å². The summed E-state index contributed by atoms with van der Waals surface area (Å²) in [5.74, 6) is 0.0191. The van der Waals surface area contributed by atoms with Crippen LogP contribution < -0.4 is 9.75 Å². The Hall–Kier alpha value is -2.75. The number of nitrogens with zero attached hydrogens (tertiary/aromatic N) is 3. The molecule has 4 rings (SSSR count). The molecule has 11 heteroatoms. The topological polar surface area (TPSA) is 61.5 Å². The van der Waals surface area contributed by atoms with Crippen molar-refractivity contribution < 1.29 is 22.7 Å². The number of aromatic amines is 1. The second-order valence-corrected chi connectivity index (χ2v) is 9.38. The first-order valence-corrected chi connectivity index (χ1v) is 12.3.